The van der Waals surface area contributed by atoms with Crippen LogP contribution in [0, 0.1) is 13.8 Å². The molecule has 0 aliphatic carbocycles. The summed E-state index contributed by atoms with van der Waals surface area (Å²) in [5.41, 5.74) is 4.84. The van der Waals surface area contributed by atoms with E-state index in [0.29, 0.717) is 0 Å². The van der Waals surface area contributed by atoms with Gasteiger partial charge in [0, 0.05) is 22.0 Å². The van der Waals surface area contributed by atoms with Crippen LogP contribution in [0.1, 0.15) is 11.4 Å². The fourth-order valence-corrected chi connectivity index (χ4v) is 1.78. The van der Waals surface area contributed by atoms with Gasteiger partial charge in [0.25, 0.3) is 0 Å². The SMILES string of the molecule is Cc1cc(-c2ccc(Cl)cc2)c(C)[nH]1. The third-order valence-electron chi connectivity index (χ3n) is 2.30. The lowest BCUT2D eigenvalue weighted by Crippen LogP contribution is -1.77. The first-order valence-corrected chi connectivity index (χ1v) is 4.97. The summed E-state index contributed by atoms with van der Waals surface area (Å²) in [5.74, 6) is 0. The summed E-state index contributed by atoms with van der Waals surface area (Å²) < 4.78 is 0. The Hall–Kier alpha value is -1.21. The second-order valence-corrected chi connectivity index (χ2v) is 3.93. The van der Waals surface area contributed by atoms with Gasteiger partial charge in [-0.05, 0) is 37.6 Å². The molecule has 1 nitrogen and oxygen atoms in total. The number of aromatic nitrogens is 1. The number of nitrogens with one attached hydrogen (secondary N) is 1. The molecule has 0 amide bonds. The van der Waals surface area contributed by atoms with E-state index in [1.807, 2.05) is 24.3 Å². The summed E-state index contributed by atoms with van der Waals surface area (Å²) in [6, 6.07) is 10.1. The van der Waals surface area contributed by atoms with Crippen LogP contribution in [0.25, 0.3) is 11.1 Å². The Bertz CT molecular complexity index is 440. The van der Waals surface area contributed by atoms with Crippen LogP contribution in [0.15, 0.2) is 30.3 Å². The van der Waals surface area contributed by atoms with Gasteiger partial charge in [-0.25, -0.2) is 0 Å². The molecule has 1 aromatic carbocycles. The highest BCUT2D eigenvalue weighted by Crippen LogP contribution is 2.25. The average Bonchev–Trinajstić information content (AvgIpc) is 2.47. The molecule has 0 aliphatic rings. The van der Waals surface area contributed by atoms with E-state index in [2.05, 4.69) is 24.9 Å². The lowest BCUT2D eigenvalue weighted by atomic mass is 10.1. The summed E-state index contributed by atoms with van der Waals surface area (Å²) in [7, 11) is 0. The molecule has 0 radical (unpaired) electrons. The fraction of sp³-hybridized carbons (Fsp3) is 0.167. The normalized spacial score (nSPS) is 10.5. The Morgan fingerprint density at radius 3 is 2.21 bits per heavy atom. The summed E-state index contributed by atoms with van der Waals surface area (Å²) in [6.45, 7) is 4.14. The first-order valence-electron chi connectivity index (χ1n) is 4.59. The number of H-pyrrole nitrogens is 1. The van der Waals surface area contributed by atoms with Gasteiger partial charge >= 0.3 is 0 Å². The van der Waals surface area contributed by atoms with Gasteiger partial charge in [0.1, 0.15) is 0 Å². The van der Waals surface area contributed by atoms with Crippen molar-refractivity contribution in [2.75, 3.05) is 0 Å². The zero-order valence-electron chi connectivity index (χ0n) is 8.26. The van der Waals surface area contributed by atoms with Crippen LogP contribution in [0.4, 0.5) is 0 Å². The highest BCUT2D eigenvalue weighted by atomic mass is 35.5. The second-order valence-electron chi connectivity index (χ2n) is 3.50. The second kappa shape index (κ2) is 3.50. The number of halogens is 1. The number of aryl methyl sites for hydroxylation is 2. The quantitative estimate of drug-likeness (QED) is 0.726. The number of benzene rings is 1. The summed E-state index contributed by atoms with van der Waals surface area (Å²) in [5, 5.41) is 0.777. The number of aromatic amines is 1. The van der Waals surface area contributed by atoms with Crippen molar-refractivity contribution >= 4 is 11.6 Å². The topological polar surface area (TPSA) is 15.8 Å². The van der Waals surface area contributed by atoms with Crippen molar-refractivity contribution < 1.29 is 0 Å². The van der Waals surface area contributed by atoms with Crippen LogP contribution in [-0.2, 0) is 0 Å². The van der Waals surface area contributed by atoms with E-state index < -0.39 is 0 Å². The summed E-state index contributed by atoms with van der Waals surface area (Å²) >= 11 is 5.84. The molecule has 2 aromatic rings. The van der Waals surface area contributed by atoms with Crippen molar-refractivity contribution in [1.29, 1.82) is 0 Å². The first-order chi connectivity index (χ1) is 6.66. The molecule has 0 bridgehead atoms. The molecule has 1 N–H and O–H groups in total. The number of hydrogen-bond donors (Lipinski definition) is 1. The Morgan fingerprint density at radius 2 is 1.71 bits per heavy atom. The molecule has 2 heteroatoms. The van der Waals surface area contributed by atoms with Crippen LogP contribution in [-0.4, -0.2) is 4.98 Å². The molecule has 2 rings (SSSR count). The van der Waals surface area contributed by atoms with Crippen molar-refractivity contribution in [2.45, 2.75) is 13.8 Å². The van der Waals surface area contributed by atoms with Gasteiger partial charge in [-0.15, -0.1) is 0 Å². The molecule has 0 fully saturated rings. The maximum atomic E-state index is 5.84. The maximum absolute atomic E-state index is 5.84. The molecule has 14 heavy (non-hydrogen) atoms. The molecule has 0 unspecified atom stereocenters. The Labute approximate surface area is 88.7 Å². The monoisotopic (exact) mass is 205 g/mol. The van der Waals surface area contributed by atoms with Crippen molar-refractivity contribution in [3.63, 3.8) is 0 Å². The smallest absolute Gasteiger partial charge is 0.0406 e. The van der Waals surface area contributed by atoms with Crippen molar-refractivity contribution in [2.24, 2.45) is 0 Å². The van der Waals surface area contributed by atoms with Gasteiger partial charge in [0.05, 0.1) is 0 Å². The van der Waals surface area contributed by atoms with E-state index in [-0.39, 0.29) is 0 Å². The minimum absolute atomic E-state index is 0.777. The van der Waals surface area contributed by atoms with E-state index in [9.17, 15) is 0 Å². The van der Waals surface area contributed by atoms with Gasteiger partial charge in [-0.3, -0.25) is 0 Å². The third kappa shape index (κ3) is 1.68. The van der Waals surface area contributed by atoms with E-state index >= 15 is 0 Å². The summed E-state index contributed by atoms with van der Waals surface area (Å²) in [6.07, 6.45) is 0. The van der Waals surface area contributed by atoms with Gasteiger partial charge in [-0.1, -0.05) is 23.7 Å². The highest BCUT2D eigenvalue weighted by molar-refractivity contribution is 6.30. The lowest BCUT2D eigenvalue weighted by Gasteiger charge is -1.99. The van der Waals surface area contributed by atoms with Gasteiger partial charge in [0.15, 0.2) is 0 Å². The molecule has 0 saturated carbocycles. The zero-order chi connectivity index (χ0) is 10.1. The van der Waals surface area contributed by atoms with Crippen molar-refractivity contribution in [1.82, 2.24) is 4.98 Å². The molecule has 0 aliphatic heterocycles. The number of hydrogen-bond acceptors (Lipinski definition) is 0. The van der Waals surface area contributed by atoms with Crippen LogP contribution >= 0.6 is 11.6 Å². The minimum Gasteiger partial charge on any atom is -0.362 e. The average molecular weight is 206 g/mol. The predicted octanol–water partition coefficient (Wildman–Crippen LogP) is 3.95. The summed E-state index contributed by atoms with van der Waals surface area (Å²) in [4.78, 5) is 3.29. The van der Waals surface area contributed by atoms with E-state index in [4.69, 9.17) is 11.6 Å². The Morgan fingerprint density at radius 1 is 1.07 bits per heavy atom. The van der Waals surface area contributed by atoms with E-state index in [0.717, 1.165) is 5.02 Å². The van der Waals surface area contributed by atoms with Crippen LogP contribution < -0.4 is 0 Å². The van der Waals surface area contributed by atoms with Crippen LogP contribution in [0.2, 0.25) is 5.02 Å². The number of rotatable bonds is 1. The zero-order valence-corrected chi connectivity index (χ0v) is 9.02. The predicted molar refractivity (Wildman–Crippen MR) is 60.7 cm³/mol. The molecule has 1 heterocycles. The van der Waals surface area contributed by atoms with Crippen LogP contribution in [0.3, 0.4) is 0 Å². The molecule has 72 valence electrons. The standard InChI is InChI=1S/C12H12ClN/c1-8-7-12(9(2)14-8)10-3-5-11(13)6-4-10/h3-7,14H,1-2H3. The molecule has 1 aromatic heterocycles. The fourth-order valence-electron chi connectivity index (χ4n) is 1.65. The molecule has 0 saturated heterocycles. The molecular formula is C12H12ClN. The van der Waals surface area contributed by atoms with E-state index in [1.165, 1.54) is 22.5 Å². The molecule has 0 atom stereocenters. The minimum atomic E-state index is 0.777. The lowest BCUT2D eigenvalue weighted by molar-refractivity contribution is 1.19. The Balaban J connectivity index is 2.49. The van der Waals surface area contributed by atoms with Gasteiger partial charge in [-0.2, -0.15) is 0 Å². The third-order valence-corrected chi connectivity index (χ3v) is 2.56. The maximum Gasteiger partial charge on any atom is 0.0406 e. The highest BCUT2D eigenvalue weighted by Gasteiger charge is 2.03. The largest absolute Gasteiger partial charge is 0.362 e. The van der Waals surface area contributed by atoms with Crippen LogP contribution in [0.5, 0.6) is 0 Å². The molecular weight excluding hydrogens is 194 g/mol. The van der Waals surface area contributed by atoms with Gasteiger partial charge < -0.3 is 4.98 Å². The van der Waals surface area contributed by atoms with Gasteiger partial charge in [0.2, 0.25) is 0 Å². The van der Waals surface area contributed by atoms with Crippen molar-refractivity contribution in [3.05, 3.63) is 46.7 Å². The Kier molecular flexibility index (Phi) is 2.34. The van der Waals surface area contributed by atoms with E-state index in [1.54, 1.807) is 0 Å². The molecule has 0 spiro atoms. The first kappa shape index (κ1) is 9.35. The van der Waals surface area contributed by atoms with Crippen molar-refractivity contribution in [3.8, 4) is 11.1 Å².